The van der Waals surface area contributed by atoms with Crippen LogP contribution in [0.15, 0.2) is 22.7 Å². The van der Waals surface area contributed by atoms with E-state index in [1.165, 1.54) is 5.56 Å². The lowest BCUT2D eigenvalue weighted by atomic mass is 9.68. The lowest BCUT2D eigenvalue weighted by Gasteiger charge is -2.44. The smallest absolute Gasteiger partial charge is 0.410 e. The van der Waals surface area contributed by atoms with Crippen LogP contribution >= 0.6 is 15.9 Å². The Labute approximate surface area is 150 Å². The fraction of sp³-hybridized carbons (Fsp3) is 0.556. The third kappa shape index (κ3) is 3.43. The van der Waals surface area contributed by atoms with E-state index in [9.17, 15) is 9.59 Å². The van der Waals surface area contributed by atoms with E-state index in [1.807, 2.05) is 32.9 Å². The van der Waals surface area contributed by atoms with Gasteiger partial charge in [-0.2, -0.15) is 0 Å². The van der Waals surface area contributed by atoms with Crippen molar-refractivity contribution in [3.05, 3.63) is 28.2 Å². The number of amides is 2. The first-order valence-corrected chi connectivity index (χ1v) is 9.06. The monoisotopic (exact) mass is 394 g/mol. The first kappa shape index (κ1) is 17.3. The van der Waals surface area contributed by atoms with Gasteiger partial charge in [-0.25, -0.2) is 4.79 Å². The fourth-order valence-electron chi connectivity index (χ4n) is 3.57. The Morgan fingerprint density at radius 2 is 1.96 bits per heavy atom. The predicted octanol–water partition coefficient (Wildman–Crippen LogP) is 4.06. The maximum Gasteiger partial charge on any atom is 0.410 e. The molecule has 0 saturated carbocycles. The van der Waals surface area contributed by atoms with Gasteiger partial charge in [-0.05, 0) is 51.3 Å². The number of fused-ring (bicyclic) bond motifs is 2. The van der Waals surface area contributed by atoms with Crippen molar-refractivity contribution in [3.8, 4) is 0 Å². The zero-order valence-corrected chi connectivity index (χ0v) is 15.9. The normalized spacial score (nSPS) is 19.7. The molecule has 2 amide bonds. The molecule has 6 heteroatoms. The van der Waals surface area contributed by atoms with Gasteiger partial charge < -0.3 is 15.0 Å². The van der Waals surface area contributed by atoms with Gasteiger partial charge in [0.2, 0.25) is 5.91 Å². The quantitative estimate of drug-likeness (QED) is 0.721. The number of ether oxygens (including phenoxy) is 1. The molecule has 5 nitrogen and oxygen atoms in total. The van der Waals surface area contributed by atoms with E-state index >= 15 is 0 Å². The van der Waals surface area contributed by atoms with E-state index in [-0.39, 0.29) is 17.4 Å². The summed E-state index contributed by atoms with van der Waals surface area (Å²) in [5, 5.41) is 2.96. The molecule has 2 aliphatic heterocycles. The number of likely N-dealkylation sites (tertiary alicyclic amines) is 1. The highest BCUT2D eigenvalue weighted by molar-refractivity contribution is 9.10. The maximum atomic E-state index is 12.3. The molecular formula is C18H23BrN2O3. The van der Waals surface area contributed by atoms with Crippen LogP contribution in [-0.4, -0.2) is 35.6 Å². The van der Waals surface area contributed by atoms with E-state index in [2.05, 4.69) is 27.3 Å². The molecule has 24 heavy (non-hydrogen) atoms. The molecule has 1 saturated heterocycles. The number of hydrogen-bond donors (Lipinski definition) is 1. The Morgan fingerprint density at radius 3 is 2.58 bits per heavy atom. The Balaban J connectivity index is 1.78. The molecule has 0 aliphatic carbocycles. The average molecular weight is 395 g/mol. The lowest BCUT2D eigenvalue weighted by molar-refractivity contribution is -0.118. The molecule has 1 aromatic rings. The van der Waals surface area contributed by atoms with Crippen molar-refractivity contribution in [2.24, 2.45) is 0 Å². The first-order chi connectivity index (χ1) is 11.2. The van der Waals surface area contributed by atoms with Crippen LogP contribution in [0.1, 0.15) is 45.6 Å². The van der Waals surface area contributed by atoms with E-state index in [4.69, 9.17) is 4.74 Å². The highest BCUT2D eigenvalue weighted by atomic mass is 79.9. The second kappa shape index (κ2) is 6.06. The third-order valence-electron chi connectivity index (χ3n) is 4.70. The van der Waals surface area contributed by atoms with Crippen LogP contribution in [0.4, 0.5) is 10.5 Å². The molecule has 0 unspecified atom stereocenters. The number of carbonyl (C=O) groups excluding carboxylic acids is 2. The Kier molecular flexibility index (Phi) is 4.36. The van der Waals surface area contributed by atoms with Gasteiger partial charge in [0, 0.05) is 35.1 Å². The topological polar surface area (TPSA) is 58.6 Å². The molecule has 2 aliphatic rings. The van der Waals surface area contributed by atoms with Gasteiger partial charge in [-0.3, -0.25) is 4.79 Å². The molecule has 1 fully saturated rings. The van der Waals surface area contributed by atoms with Crippen LogP contribution in [-0.2, 0) is 14.9 Å². The van der Waals surface area contributed by atoms with Crippen LogP contribution in [0.3, 0.4) is 0 Å². The Bertz CT molecular complexity index is 673. The summed E-state index contributed by atoms with van der Waals surface area (Å²) in [5.41, 5.74) is 1.38. The molecule has 0 bridgehead atoms. The van der Waals surface area contributed by atoms with Crippen LogP contribution in [0.25, 0.3) is 0 Å². The molecule has 1 aromatic carbocycles. The summed E-state index contributed by atoms with van der Waals surface area (Å²) in [6.07, 6.45) is 1.75. The van der Waals surface area contributed by atoms with Gasteiger partial charge in [0.1, 0.15) is 5.60 Å². The summed E-state index contributed by atoms with van der Waals surface area (Å²) in [7, 11) is 0. The van der Waals surface area contributed by atoms with Crippen molar-refractivity contribution in [3.63, 3.8) is 0 Å². The third-order valence-corrected chi connectivity index (χ3v) is 5.19. The number of carbonyl (C=O) groups is 2. The van der Waals surface area contributed by atoms with Gasteiger partial charge in [0.05, 0.1) is 0 Å². The van der Waals surface area contributed by atoms with Crippen LogP contribution < -0.4 is 5.32 Å². The van der Waals surface area contributed by atoms with Crippen molar-refractivity contribution >= 4 is 33.6 Å². The minimum atomic E-state index is -0.490. The molecule has 0 aromatic heterocycles. The lowest BCUT2D eigenvalue weighted by Crippen LogP contribution is -2.49. The van der Waals surface area contributed by atoms with Crippen molar-refractivity contribution < 1.29 is 14.3 Å². The summed E-state index contributed by atoms with van der Waals surface area (Å²) in [6, 6.07) is 6.05. The minimum absolute atomic E-state index is 0.0475. The minimum Gasteiger partial charge on any atom is -0.444 e. The molecule has 2 heterocycles. The standard InChI is InChI=1S/C18H23BrN2O3/c1-17(2,3)24-16(23)21-8-6-18(7-9-21)11-15(22)20-14-10-12(19)4-5-13(14)18/h4-5,10H,6-9,11H2,1-3H3,(H,20,22). The van der Waals surface area contributed by atoms with E-state index in [1.54, 1.807) is 4.90 Å². The summed E-state index contributed by atoms with van der Waals surface area (Å²) >= 11 is 3.46. The summed E-state index contributed by atoms with van der Waals surface area (Å²) in [5.74, 6) is 0.0475. The number of anilines is 1. The second-order valence-corrected chi connectivity index (χ2v) is 8.58. The van der Waals surface area contributed by atoms with Gasteiger partial charge in [0.15, 0.2) is 0 Å². The molecular weight excluding hydrogens is 372 g/mol. The Morgan fingerprint density at radius 1 is 1.29 bits per heavy atom. The van der Waals surface area contributed by atoms with E-state index < -0.39 is 5.60 Å². The average Bonchev–Trinajstić information content (AvgIpc) is 2.45. The molecule has 0 atom stereocenters. The molecule has 0 radical (unpaired) electrons. The number of rotatable bonds is 0. The first-order valence-electron chi connectivity index (χ1n) is 8.26. The number of benzene rings is 1. The SMILES string of the molecule is CC(C)(C)OC(=O)N1CCC2(CC1)CC(=O)Nc1cc(Br)ccc12. The number of hydrogen-bond acceptors (Lipinski definition) is 3. The predicted molar refractivity (Wildman–Crippen MR) is 96.1 cm³/mol. The highest BCUT2D eigenvalue weighted by Crippen LogP contribution is 2.45. The number of nitrogens with one attached hydrogen (secondary N) is 1. The van der Waals surface area contributed by atoms with Crippen LogP contribution in [0, 0.1) is 0 Å². The number of nitrogens with zero attached hydrogens (tertiary/aromatic N) is 1. The Hall–Kier alpha value is -1.56. The second-order valence-electron chi connectivity index (χ2n) is 7.66. The van der Waals surface area contributed by atoms with Crippen molar-refractivity contribution in [1.29, 1.82) is 0 Å². The maximum absolute atomic E-state index is 12.3. The number of halogens is 1. The van der Waals surface area contributed by atoms with Crippen molar-refractivity contribution in [2.45, 2.75) is 51.0 Å². The van der Waals surface area contributed by atoms with Gasteiger partial charge in [-0.1, -0.05) is 22.0 Å². The molecule has 1 N–H and O–H groups in total. The van der Waals surface area contributed by atoms with E-state index in [0.717, 1.165) is 23.0 Å². The van der Waals surface area contributed by atoms with Crippen molar-refractivity contribution in [2.75, 3.05) is 18.4 Å². The van der Waals surface area contributed by atoms with Crippen molar-refractivity contribution in [1.82, 2.24) is 4.90 Å². The molecule has 1 spiro atoms. The molecule has 130 valence electrons. The zero-order valence-electron chi connectivity index (χ0n) is 14.3. The highest BCUT2D eigenvalue weighted by Gasteiger charge is 2.43. The van der Waals surface area contributed by atoms with Gasteiger partial charge >= 0.3 is 6.09 Å². The summed E-state index contributed by atoms with van der Waals surface area (Å²) < 4.78 is 6.41. The summed E-state index contributed by atoms with van der Waals surface area (Å²) in [6.45, 7) is 6.83. The van der Waals surface area contributed by atoms with Crippen LogP contribution in [0.2, 0.25) is 0 Å². The van der Waals surface area contributed by atoms with Crippen LogP contribution in [0.5, 0.6) is 0 Å². The number of piperidine rings is 1. The fourth-order valence-corrected chi connectivity index (χ4v) is 3.93. The largest absolute Gasteiger partial charge is 0.444 e. The van der Waals surface area contributed by atoms with Gasteiger partial charge in [0.25, 0.3) is 0 Å². The molecule has 3 rings (SSSR count). The van der Waals surface area contributed by atoms with Gasteiger partial charge in [-0.15, -0.1) is 0 Å². The zero-order chi connectivity index (χ0) is 17.5. The van der Waals surface area contributed by atoms with E-state index in [0.29, 0.717) is 19.5 Å². The summed E-state index contributed by atoms with van der Waals surface area (Å²) in [4.78, 5) is 26.2.